The molecule has 6 nitrogen and oxygen atoms in total. The van der Waals surface area contributed by atoms with Crippen LogP contribution >= 0.6 is 0 Å². The molecule has 3 aromatic rings. The minimum Gasteiger partial charge on any atom is -0.496 e. The maximum Gasteiger partial charge on any atom is 0.224 e. The first-order valence-electron chi connectivity index (χ1n) is 6.38. The van der Waals surface area contributed by atoms with Crippen molar-refractivity contribution in [1.29, 1.82) is 0 Å². The molecule has 0 saturated carbocycles. The first kappa shape index (κ1) is 12.4. The maximum atomic E-state index is 5.91. The van der Waals surface area contributed by atoms with Gasteiger partial charge in [-0.05, 0) is 12.1 Å². The van der Waals surface area contributed by atoms with Crippen LogP contribution in [0.5, 0.6) is 5.75 Å². The summed E-state index contributed by atoms with van der Waals surface area (Å²) in [6, 6.07) is 9.59. The van der Waals surface area contributed by atoms with Crippen molar-refractivity contribution in [2.45, 2.75) is 13.3 Å². The van der Waals surface area contributed by atoms with Crippen LogP contribution in [0.2, 0.25) is 0 Å². The number of anilines is 1. The number of benzene rings is 1. The van der Waals surface area contributed by atoms with Gasteiger partial charge in [-0.15, -0.1) is 0 Å². The lowest BCUT2D eigenvalue weighted by molar-refractivity contribution is 0.416. The van der Waals surface area contributed by atoms with E-state index in [1.54, 1.807) is 11.6 Å². The Morgan fingerprint density at radius 2 is 2.05 bits per heavy atom. The summed E-state index contributed by atoms with van der Waals surface area (Å²) in [4.78, 5) is 8.63. The van der Waals surface area contributed by atoms with Crippen molar-refractivity contribution < 1.29 is 4.74 Å². The minimum atomic E-state index is 0.341. The Balaban J connectivity index is 2.20. The quantitative estimate of drug-likeness (QED) is 0.786. The Hall–Kier alpha value is -2.63. The zero-order valence-corrected chi connectivity index (χ0v) is 11.4. The Labute approximate surface area is 116 Å². The molecule has 0 saturated heterocycles. The molecule has 0 unspecified atom stereocenters. The number of aromatic nitrogens is 4. The molecule has 0 aliphatic carbocycles. The van der Waals surface area contributed by atoms with E-state index in [0.29, 0.717) is 17.4 Å². The van der Waals surface area contributed by atoms with Crippen LogP contribution in [0.3, 0.4) is 0 Å². The van der Waals surface area contributed by atoms with E-state index in [1.165, 1.54) is 0 Å². The van der Waals surface area contributed by atoms with Crippen LogP contribution in [0.4, 0.5) is 5.95 Å². The molecule has 1 aromatic carbocycles. The van der Waals surface area contributed by atoms with Crippen molar-refractivity contribution in [1.82, 2.24) is 19.6 Å². The second-order valence-corrected chi connectivity index (χ2v) is 4.35. The van der Waals surface area contributed by atoms with Crippen LogP contribution in [-0.4, -0.2) is 26.7 Å². The lowest BCUT2D eigenvalue weighted by atomic mass is 10.1. The fourth-order valence-corrected chi connectivity index (χ4v) is 2.10. The topological polar surface area (TPSA) is 78.3 Å². The number of fused-ring (bicyclic) bond motifs is 1. The number of aryl methyl sites for hydroxylation is 1. The minimum absolute atomic E-state index is 0.341. The third-order valence-corrected chi connectivity index (χ3v) is 3.09. The summed E-state index contributed by atoms with van der Waals surface area (Å²) in [5.74, 6) is 1.81. The number of para-hydroxylation sites is 1. The van der Waals surface area contributed by atoms with Gasteiger partial charge in [0.25, 0.3) is 0 Å². The number of methoxy groups -OCH3 is 1. The monoisotopic (exact) mass is 269 g/mol. The van der Waals surface area contributed by atoms with Crippen molar-refractivity contribution >= 4 is 11.6 Å². The van der Waals surface area contributed by atoms with Gasteiger partial charge in [-0.25, -0.2) is 4.98 Å². The SMILES string of the molecule is CCc1nc(N)n2nc(-c3ccccc3OC)cc2n1. The van der Waals surface area contributed by atoms with Crippen LogP contribution in [0.15, 0.2) is 30.3 Å². The number of nitrogens with two attached hydrogens (primary N) is 1. The maximum absolute atomic E-state index is 5.91. The molecule has 20 heavy (non-hydrogen) atoms. The van der Waals surface area contributed by atoms with Crippen molar-refractivity contribution in [3.8, 4) is 17.0 Å². The zero-order chi connectivity index (χ0) is 14.1. The normalized spacial score (nSPS) is 10.9. The number of nitrogens with zero attached hydrogens (tertiary/aromatic N) is 4. The molecule has 3 rings (SSSR count). The molecule has 0 fully saturated rings. The molecule has 0 aliphatic heterocycles. The van der Waals surface area contributed by atoms with Gasteiger partial charge in [0.1, 0.15) is 11.6 Å². The Bertz CT molecular complexity index is 765. The highest BCUT2D eigenvalue weighted by molar-refractivity contribution is 5.70. The number of hydrogen-bond acceptors (Lipinski definition) is 5. The molecule has 2 N–H and O–H groups in total. The van der Waals surface area contributed by atoms with Gasteiger partial charge in [-0.2, -0.15) is 14.6 Å². The lowest BCUT2D eigenvalue weighted by Gasteiger charge is -2.04. The van der Waals surface area contributed by atoms with Crippen molar-refractivity contribution in [3.05, 3.63) is 36.2 Å². The van der Waals surface area contributed by atoms with E-state index in [1.807, 2.05) is 37.3 Å². The highest BCUT2D eigenvalue weighted by atomic mass is 16.5. The van der Waals surface area contributed by atoms with E-state index in [2.05, 4.69) is 15.1 Å². The van der Waals surface area contributed by atoms with Gasteiger partial charge >= 0.3 is 0 Å². The predicted octanol–water partition coefficient (Wildman–Crippen LogP) is 1.94. The van der Waals surface area contributed by atoms with E-state index in [-0.39, 0.29) is 0 Å². The summed E-state index contributed by atoms with van der Waals surface area (Å²) in [5.41, 5.74) is 8.26. The summed E-state index contributed by atoms with van der Waals surface area (Å²) in [5, 5.41) is 4.45. The van der Waals surface area contributed by atoms with Crippen LogP contribution in [0, 0.1) is 0 Å². The van der Waals surface area contributed by atoms with Crippen LogP contribution < -0.4 is 10.5 Å². The zero-order valence-electron chi connectivity index (χ0n) is 11.4. The molecule has 0 spiro atoms. The van der Waals surface area contributed by atoms with Crippen molar-refractivity contribution in [3.63, 3.8) is 0 Å². The lowest BCUT2D eigenvalue weighted by Crippen LogP contribution is -2.06. The van der Waals surface area contributed by atoms with Gasteiger partial charge in [0, 0.05) is 18.1 Å². The van der Waals surface area contributed by atoms with Crippen LogP contribution in [0.25, 0.3) is 16.9 Å². The average molecular weight is 269 g/mol. The molecule has 2 heterocycles. The highest BCUT2D eigenvalue weighted by Crippen LogP contribution is 2.29. The standard InChI is InChI=1S/C14H15N5O/c1-3-12-16-13-8-10(18-19(13)14(15)17-12)9-6-4-5-7-11(9)20-2/h4-8H,3H2,1-2H3,(H2,15,16,17). The van der Waals surface area contributed by atoms with Gasteiger partial charge in [0.2, 0.25) is 5.95 Å². The first-order valence-corrected chi connectivity index (χ1v) is 6.38. The van der Waals surface area contributed by atoms with Crippen molar-refractivity contribution in [2.24, 2.45) is 0 Å². The van der Waals surface area contributed by atoms with Gasteiger partial charge in [0.15, 0.2) is 5.65 Å². The third kappa shape index (κ3) is 1.95. The largest absolute Gasteiger partial charge is 0.496 e. The molecule has 0 aliphatic rings. The third-order valence-electron chi connectivity index (χ3n) is 3.09. The molecular weight excluding hydrogens is 254 g/mol. The molecule has 0 radical (unpaired) electrons. The molecule has 6 heteroatoms. The van der Waals surface area contributed by atoms with E-state index < -0.39 is 0 Å². The van der Waals surface area contributed by atoms with Gasteiger partial charge in [-0.1, -0.05) is 19.1 Å². The van der Waals surface area contributed by atoms with Crippen molar-refractivity contribution in [2.75, 3.05) is 12.8 Å². The molecule has 102 valence electrons. The summed E-state index contributed by atoms with van der Waals surface area (Å²) >= 11 is 0. The Morgan fingerprint density at radius 3 is 2.80 bits per heavy atom. The molecule has 0 bridgehead atoms. The molecule has 2 aromatic heterocycles. The van der Waals surface area contributed by atoms with E-state index in [9.17, 15) is 0 Å². The number of nitrogen functional groups attached to an aromatic ring is 1. The summed E-state index contributed by atoms with van der Waals surface area (Å²) in [6.45, 7) is 1.99. The predicted molar refractivity (Wildman–Crippen MR) is 76.6 cm³/mol. The van der Waals surface area contributed by atoms with E-state index in [0.717, 1.165) is 23.4 Å². The van der Waals surface area contributed by atoms with Gasteiger partial charge in [-0.3, -0.25) is 0 Å². The number of hydrogen-bond donors (Lipinski definition) is 1. The summed E-state index contributed by atoms with van der Waals surface area (Å²) < 4.78 is 6.90. The van der Waals surface area contributed by atoms with E-state index in [4.69, 9.17) is 10.5 Å². The Kier molecular flexibility index (Phi) is 2.98. The highest BCUT2D eigenvalue weighted by Gasteiger charge is 2.12. The summed E-state index contributed by atoms with van der Waals surface area (Å²) in [7, 11) is 1.64. The second kappa shape index (κ2) is 4.80. The Morgan fingerprint density at radius 1 is 1.25 bits per heavy atom. The molecular formula is C14H15N5O. The van der Waals surface area contributed by atoms with Gasteiger partial charge in [0.05, 0.1) is 12.8 Å². The molecule has 0 amide bonds. The first-order chi connectivity index (χ1) is 9.72. The molecule has 0 atom stereocenters. The second-order valence-electron chi connectivity index (χ2n) is 4.35. The summed E-state index contributed by atoms with van der Waals surface area (Å²) in [6.07, 6.45) is 0.732. The average Bonchev–Trinajstić information content (AvgIpc) is 2.91. The van der Waals surface area contributed by atoms with Crippen LogP contribution in [0.1, 0.15) is 12.7 Å². The smallest absolute Gasteiger partial charge is 0.224 e. The fourth-order valence-electron chi connectivity index (χ4n) is 2.10. The number of ether oxygens (including phenoxy) is 1. The number of rotatable bonds is 3. The fraction of sp³-hybridized carbons (Fsp3) is 0.214. The van der Waals surface area contributed by atoms with Crippen LogP contribution in [-0.2, 0) is 6.42 Å². The van der Waals surface area contributed by atoms with E-state index >= 15 is 0 Å². The van der Waals surface area contributed by atoms with Gasteiger partial charge < -0.3 is 10.5 Å².